The van der Waals surface area contributed by atoms with E-state index in [2.05, 4.69) is 39.3 Å². The van der Waals surface area contributed by atoms with Crippen LogP contribution in [0, 0.1) is 6.92 Å². The first-order chi connectivity index (χ1) is 14.0. The number of H-pyrrole nitrogens is 1. The molecule has 0 aliphatic rings. The number of carbonyl (C=O) groups excluding carboxylic acids is 1. The molecular weight excluding hydrogens is 406 g/mol. The minimum atomic E-state index is -0.346. The highest BCUT2D eigenvalue weighted by atomic mass is 32.2. The van der Waals surface area contributed by atoms with Gasteiger partial charge < -0.3 is 16.0 Å². The summed E-state index contributed by atoms with van der Waals surface area (Å²) in [6.07, 6.45) is 0. The molecule has 0 radical (unpaired) electrons. The van der Waals surface area contributed by atoms with Gasteiger partial charge in [-0.05, 0) is 48.9 Å². The minimum absolute atomic E-state index is 0.103. The van der Waals surface area contributed by atoms with Crippen molar-refractivity contribution >= 4 is 50.7 Å². The van der Waals surface area contributed by atoms with Crippen LogP contribution < -0.4 is 16.6 Å². The van der Waals surface area contributed by atoms with E-state index in [9.17, 15) is 9.59 Å². The molecule has 4 aromatic rings. The first kappa shape index (κ1) is 19.2. The van der Waals surface area contributed by atoms with Gasteiger partial charge in [-0.1, -0.05) is 17.8 Å². The number of hydrogen-bond donors (Lipinski definition) is 3. The fraction of sp³-hybridized carbons (Fsp3) is 0.100. The van der Waals surface area contributed by atoms with Gasteiger partial charge in [0.25, 0.3) is 5.56 Å². The van der Waals surface area contributed by atoms with Crippen LogP contribution in [0.4, 0.5) is 11.5 Å². The summed E-state index contributed by atoms with van der Waals surface area (Å²) in [6.45, 7) is 2.06. The predicted molar refractivity (Wildman–Crippen MR) is 118 cm³/mol. The molecule has 0 spiro atoms. The number of thiazole rings is 1. The second kappa shape index (κ2) is 8.06. The van der Waals surface area contributed by atoms with Crippen LogP contribution in [0.5, 0.6) is 0 Å². The number of hydrogen-bond acceptors (Lipinski definition) is 7. The molecule has 4 rings (SSSR count). The van der Waals surface area contributed by atoms with Gasteiger partial charge in [0.2, 0.25) is 5.91 Å². The molecule has 2 heterocycles. The molecule has 0 bridgehead atoms. The Kier molecular flexibility index (Phi) is 5.32. The molecule has 0 fully saturated rings. The zero-order chi connectivity index (χ0) is 20.4. The molecule has 0 aliphatic heterocycles. The van der Waals surface area contributed by atoms with Crippen LogP contribution >= 0.6 is 23.1 Å². The summed E-state index contributed by atoms with van der Waals surface area (Å²) >= 11 is 2.76. The third-order valence-corrected chi connectivity index (χ3v) is 5.98. The molecule has 0 aliphatic carbocycles. The zero-order valence-electron chi connectivity index (χ0n) is 15.4. The van der Waals surface area contributed by atoms with Crippen molar-refractivity contribution in [3.8, 4) is 10.6 Å². The molecule has 29 heavy (non-hydrogen) atoms. The highest BCUT2D eigenvalue weighted by molar-refractivity contribution is 7.99. The van der Waals surface area contributed by atoms with Crippen molar-refractivity contribution in [2.75, 3.05) is 16.8 Å². The normalized spacial score (nSPS) is 10.9. The molecule has 2 aromatic carbocycles. The number of nitrogen functional groups attached to an aromatic ring is 1. The van der Waals surface area contributed by atoms with Gasteiger partial charge in [-0.3, -0.25) is 9.59 Å². The number of aryl methyl sites for hydroxylation is 1. The number of nitrogens with one attached hydrogen (secondary N) is 2. The third-order valence-electron chi connectivity index (χ3n) is 4.04. The number of benzene rings is 2. The van der Waals surface area contributed by atoms with Crippen LogP contribution in [0.15, 0.2) is 58.5 Å². The lowest BCUT2D eigenvalue weighted by Crippen LogP contribution is -2.15. The van der Waals surface area contributed by atoms with Crippen molar-refractivity contribution in [1.82, 2.24) is 15.0 Å². The topological polar surface area (TPSA) is 114 Å². The Morgan fingerprint density at radius 1 is 1.17 bits per heavy atom. The van der Waals surface area contributed by atoms with E-state index in [1.165, 1.54) is 11.6 Å². The van der Waals surface area contributed by atoms with Crippen molar-refractivity contribution < 1.29 is 4.79 Å². The maximum Gasteiger partial charge on any atom is 0.253 e. The highest BCUT2D eigenvalue weighted by Gasteiger charge is 2.09. The molecule has 4 N–H and O–H groups in total. The number of anilines is 2. The van der Waals surface area contributed by atoms with E-state index in [1.807, 2.05) is 30.3 Å². The Morgan fingerprint density at radius 2 is 1.97 bits per heavy atom. The summed E-state index contributed by atoms with van der Waals surface area (Å²) in [5, 5.41) is 4.08. The SMILES string of the molecule is Cc1ccc2nc(-c3ccc(NC(=O)CSc4nc(N)cc(=O)[nH]4)cc3)sc2c1. The number of nitrogens with zero attached hydrogens (tertiary/aromatic N) is 2. The van der Waals surface area contributed by atoms with Gasteiger partial charge in [0.05, 0.1) is 16.0 Å². The molecule has 7 nitrogen and oxygen atoms in total. The summed E-state index contributed by atoms with van der Waals surface area (Å²) < 4.78 is 1.16. The van der Waals surface area contributed by atoms with E-state index in [0.29, 0.717) is 10.8 Å². The van der Waals surface area contributed by atoms with E-state index in [1.54, 1.807) is 11.3 Å². The molecule has 0 atom stereocenters. The molecule has 146 valence electrons. The standard InChI is InChI=1S/C20H17N5O2S2/c1-11-2-7-14-15(8-11)29-19(23-14)12-3-5-13(6-4-12)22-18(27)10-28-20-24-16(21)9-17(26)25-20/h2-9H,10H2,1H3,(H,22,27)(H3,21,24,25,26). The Bertz CT molecular complexity index is 1250. The Morgan fingerprint density at radius 3 is 2.72 bits per heavy atom. The van der Waals surface area contributed by atoms with Crippen molar-refractivity contribution in [3.05, 3.63) is 64.4 Å². The molecular formula is C20H17N5O2S2. The number of nitrogens with two attached hydrogens (primary N) is 1. The predicted octanol–water partition coefficient (Wildman–Crippen LogP) is 3.67. The monoisotopic (exact) mass is 423 g/mol. The quantitative estimate of drug-likeness (QED) is 0.333. The van der Waals surface area contributed by atoms with Gasteiger partial charge in [0.15, 0.2) is 5.16 Å². The third kappa shape index (κ3) is 4.64. The number of amides is 1. The smallest absolute Gasteiger partial charge is 0.253 e. The highest BCUT2D eigenvalue weighted by Crippen LogP contribution is 2.31. The van der Waals surface area contributed by atoms with E-state index in [4.69, 9.17) is 5.73 Å². The first-order valence-corrected chi connectivity index (χ1v) is 10.5. The first-order valence-electron chi connectivity index (χ1n) is 8.73. The Balaban J connectivity index is 1.40. The van der Waals surface area contributed by atoms with Gasteiger partial charge >= 0.3 is 0 Å². The summed E-state index contributed by atoms with van der Waals surface area (Å²) in [6, 6.07) is 15.0. The second-order valence-corrected chi connectivity index (χ2v) is 8.37. The van der Waals surface area contributed by atoms with Crippen LogP contribution in [0.2, 0.25) is 0 Å². The maximum atomic E-state index is 12.2. The summed E-state index contributed by atoms with van der Waals surface area (Å²) in [7, 11) is 0. The van der Waals surface area contributed by atoms with E-state index in [0.717, 1.165) is 32.5 Å². The minimum Gasteiger partial charge on any atom is -0.383 e. The van der Waals surface area contributed by atoms with Crippen LogP contribution in [-0.4, -0.2) is 26.6 Å². The van der Waals surface area contributed by atoms with Crippen LogP contribution in [0.1, 0.15) is 5.56 Å². The Hall–Kier alpha value is -3.17. The van der Waals surface area contributed by atoms with Gasteiger partial charge in [-0.2, -0.15) is 0 Å². The lowest BCUT2D eigenvalue weighted by Gasteiger charge is -2.06. The molecule has 0 saturated carbocycles. The van der Waals surface area contributed by atoms with Crippen molar-refractivity contribution in [2.45, 2.75) is 12.1 Å². The van der Waals surface area contributed by atoms with Gasteiger partial charge in [0.1, 0.15) is 10.8 Å². The van der Waals surface area contributed by atoms with Crippen LogP contribution in [-0.2, 0) is 4.79 Å². The number of carbonyl (C=O) groups is 1. The number of rotatable bonds is 5. The van der Waals surface area contributed by atoms with Gasteiger partial charge in [-0.15, -0.1) is 11.3 Å². The maximum absolute atomic E-state index is 12.2. The summed E-state index contributed by atoms with van der Waals surface area (Å²) in [4.78, 5) is 34.7. The van der Waals surface area contributed by atoms with Crippen molar-refractivity contribution in [1.29, 1.82) is 0 Å². The van der Waals surface area contributed by atoms with E-state index < -0.39 is 0 Å². The lowest BCUT2D eigenvalue weighted by atomic mass is 10.2. The summed E-state index contributed by atoms with van der Waals surface area (Å²) in [5.74, 6) is 0.0197. The van der Waals surface area contributed by atoms with Gasteiger partial charge in [0, 0.05) is 17.3 Å². The average Bonchev–Trinajstić information content (AvgIpc) is 3.09. The largest absolute Gasteiger partial charge is 0.383 e. The van der Waals surface area contributed by atoms with Gasteiger partial charge in [-0.25, -0.2) is 9.97 Å². The molecule has 2 aromatic heterocycles. The molecule has 9 heteroatoms. The number of aromatic amines is 1. The zero-order valence-corrected chi connectivity index (χ0v) is 17.1. The Labute approximate surface area is 174 Å². The molecule has 1 amide bonds. The van der Waals surface area contributed by atoms with Crippen LogP contribution in [0.3, 0.4) is 0 Å². The van der Waals surface area contributed by atoms with E-state index >= 15 is 0 Å². The second-order valence-electron chi connectivity index (χ2n) is 6.38. The fourth-order valence-corrected chi connectivity index (χ4v) is 4.46. The molecule has 0 saturated heterocycles. The number of fused-ring (bicyclic) bond motifs is 1. The van der Waals surface area contributed by atoms with Crippen LogP contribution in [0.25, 0.3) is 20.8 Å². The summed E-state index contributed by atoms with van der Waals surface area (Å²) in [5.41, 5.74) is 9.07. The number of thioether (sulfide) groups is 1. The molecule has 0 unspecified atom stereocenters. The lowest BCUT2D eigenvalue weighted by molar-refractivity contribution is -0.113. The average molecular weight is 424 g/mol. The fourth-order valence-electron chi connectivity index (χ4n) is 2.70. The number of aromatic nitrogens is 3. The van der Waals surface area contributed by atoms with E-state index in [-0.39, 0.29) is 23.0 Å². The van der Waals surface area contributed by atoms with Crippen molar-refractivity contribution in [3.63, 3.8) is 0 Å². The van der Waals surface area contributed by atoms with Crippen molar-refractivity contribution in [2.24, 2.45) is 0 Å².